The SMILES string of the molecule is Cc1ccc([C@H](C)NC(=O)CNCCCn2ccnc2)cc1. The minimum Gasteiger partial charge on any atom is -0.348 e. The number of aromatic nitrogens is 2. The maximum absolute atomic E-state index is 11.9. The molecule has 2 aromatic rings. The number of hydrogen-bond acceptors (Lipinski definition) is 3. The summed E-state index contributed by atoms with van der Waals surface area (Å²) in [6.45, 7) is 6.13. The van der Waals surface area contributed by atoms with Crippen molar-refractivity contribution in [3.63, 3.8) is 0 Å². The van der Waals surface area contributed by atoms with Gasteiger partial charge in [-0.05, 0) is 32.4 Å². The molecule has 1 aromatic heterocycles. The van der Waals surface area contributed by atoms with Gasteiger partial charge in [0.15, 0.2) is 0 Å². The topological polar surface area (TPSA) is 59.0 Å². The molecule has 22 heavy (non-hydrogen) atoms. The van der Waals surface area contributed by atoms with E-state index in [1.165, 1.54) is 5.56 Å². The van der Waals surface area contributed by atoms with E-state index in [0.717, 1.165) is 25.1 Å². The van der Waals surface area contributed by atoms with E-state index in [2.05, 4.69) is 46.8 Å². The molecular weight excluding hydrogens is 276 g/mol. The van der Waals surface area contributed by atoms with Gasteiger partial charge in [0, 0.05) is 18.9 Å². The zero-order chi connectivity index (χ0) is 15.8. The van der Waals surface area contributed by atoms with E-state index in [4.69, 9.17) is 0 Å². The van der Waals surface area contributed by atoms with Crippen molar-refractivity contribution in [2.75, 3.05) is 13.1 Å². The highest BCUT2D eigenvalue weighted by atomic mass is 16.1. The van der Waals surface area contributed by atoms with Crippen molar-refractivity contribution < 1.29 is 4.79 Å². The lowest BCUT2D eigenvalue weighted by molar-refractivity contribution is -0.120. The van der Waals surface area contributed by atoms with Crippen LogP contribution in [0.5, 0.6) is 0 Å². The van der Waals surface area contributed by atoms with Gasteiger partial charge >= 0.3 is 0 Å². The highest BCUT2D eigenvalue weighted by Crippen LogP contribution is 2.12. The molecule has 5 heteroatoms. The Morgan fingerprint density at radius 2 is 2.09 bits per heavy atom. The van der Waals surface area contributed by atoms with Crippen LogP contribution in [0, 0.1) is 6.92 Å². The molecule has 2 N–H and O–H groups in total. The van der Waals surface area contributed by atoms with Gasteiger partial charge in [-0.25, -0.2) is 4.98 Å². The van der Waals surface area contributed by atoms with Crippen LogP contribution in [0.3, 0.4) is 0 Å². The first-order valence-corrected chi connectivity index (χ1v) is 7.67. The number of amides is 1. The summed E-state index contributed by atoms with van der Waals surface area (Å²) in [7, 11) is 0. The molecule has 1 heterocycles. The normalized spacial score (nSPS) is 12.1. The Kier molecular flexibility index (Phi) is 6.15. The minimum atomic E-state index is 0.0238. The van der Waals surface area contributed by atoms with Gasteiger partial charge in [0.2, 0.25) is 5.91 Å². The van der Waals surface area contributed by atoms with Crippen molar-refractivity contribution in [1.82, 2.24) is 20.2 Å². The van der Waals surface area contributed by atoms with E-state index in [9.17, 15) is 4.79 Å². The first-order chi connectivity index (χ1) is 10.6. The van der Waals surface area contributed by atoms with Crippen LogP contribution >= 0.6 is 0 Å². The highest BCUT2D eigenvalue weighted by molar-refractivity contribution is 5.78. The van der Waals surface area contributed by atoms with Gasteiger partial charge in [-0.2, -0.15) is 0 Å². The molecule has 0 aliphatic rings. The molecule has 1 atom stereocenters. The van der Waals surface area contributed by atoms with Gasteiger partial charge in [0.05, 0.1) is 18.9 Å². The monoisotopic (exact) mass is 300 g/mol. The molecule has 0 unspecified atom stereocenters. The molecule has 0 saturated carbocycles. The number of carbonyl (C=O) groups excluding carboxylic acids is 1. The standard InChI is InChI=1S/C17H24N4O/c1-14-4-6-16(7-5-14)15(2)20-17(22)12-18-8-3-10-21-11-9-19-13-21/h4-7,9,11,13,15,18H,3,8,10,12H2,1-2H3,(H,20,22)/t15-/m0/s1. The Labute approximate surface area is 131 Å². The molecule has 1 aromatic carbocycles. The maximum Gasteiger partial charge on any atom is 0.234 e. The summed E-state index contributed by atoms with van der Waals surface area (Å²) in [6.07, 6.45) is 6.48. The van der Waals surface area contributed by atoms with Crippen molar-refractivity contribution in [2.24, 2.45) is 0 Å². The molecular formula is C17H24N4O. The average Bonchev–Trinajstić information content (AvgIpc) is 3.00. The Bertz CT molecular complexity index is 563. The average molecular weight is 300 g/mol. The lowest BCUT2D eigenvalue weighted by Gasteiger charge is -2.15. The van der Waals surface area contributed by atoms with Crippen molar-refractivity contribution in [2.45, 2.75) is 32.9 Å². The highest BCUT2D eigenvalue weighted by Gasteiger charge is 2.08. The molecule has 5 nitrogen and oxygen atoms in total. The maximum atomic E-state index is 11.9. The lowest BCUT2D eigenvalue weighted by atomic mass is 10.1. The number of nitrogens with zero attached hydrogens (tertiary/aromatic N) is 2. The van der Waals surface area contributed by atoms with E-state index in [1.807, 2.05) is 17.7 Å². The van der Waals surface area contributed by atoms with Crippen LogP contribution in [0.1, 0.15) is 30.5 Å². The minimum absolute atomic E-state index is 0.0238. The molecule has 1 amide bonds. The molecule has 0 aliphatic heterocycles. The van der Waals surface area contributed by atoms with Crippen LogP contribution < -0.4 is 10.6 Å². The second-order valence-corrected chi connectivity index (χ2v) is 5.53. The summed E-state index contributed by atoms with van der Waals surface area (Å²) in [5.41, 5.74) is 2.35. The van der Waals surface area contributed by atoms with Gasteiger partial charge in [-0.15, -0.1) is 0 Å². The fourth-order valence-electron chi connectivity index (χ4n) is 2.24. The third-order valence-electron chi connectivity index (χ3n) is 3.57. The summed E-state index contributed by atoms with van der Waals surface area (Å²) >= 11 is 0. The Morgan fingerprint density at radius 3 is 2.77 bits per heavy atom. The van der Waals surface area contributed by atoms with Gasteiger partial charge < -0.3 is 15.2 Å². The van der Waals surface area contributed by atoms with Crippen LogP contribution in [0.15, 0.2) is 43.0 Å². The fraction of sp³-hybridized carbons (Fsp3) is 0.412. The predicted octanol–water partition coefficient (Wildman–Crippen LogP) is 2.05. The zero-order valence-electron chi connectivity index (χ0n) is 13.2. The predicted molar refractivity (Wildman–Crippen MR) is 87.5 cm³/mol. The number of rotatable bonds is 8. The summed E-state index contributed by atoms with van der Waals surface area (Å²) in [5, 5.41) is 6.17. The molecule has 0 bridgehead atoms. The van der Waals surface area contributed by atoms with Crippen LogP contribution in [-0.4, -0.2) is 28.5 Å². The Morgan fingerprint density at radius 1 is 1.32 bits per heavy atom. The van der Waals surface area contributed by atoms with Crippen molar-refractivity contribution in [3.8, 4) is 0 Å². The third kappa shape index (κ3) is 5.33. The van der Waals surface area contributed by atoms with Gasteiger partial charge in [0.1, 0.15) is 0 Å². The zero-order valence-corrected chi connectivity index (χ0v) is 13.2. The number of nitrogens with one attached hydrogen (secondary N) is 2. The molecule has 0 aliphatic carbocycles. The fourth-order valence-corrected chi connectivity index (χ4v) is 2.24. The van der Waals surface area contributed by atoms with Crippen LogP contribution in [0.25, 0.3) is 0 Å². The largest absolute Gasteiger partial charge is 0.348 e. The van der Waals surface area contributed by atoms with Crippen molar-refractivity contribution >= 4 is 5.91 Å². The van der Waals surface area contributed by atoms with E-state index >= 15 is 0 Å². The van der Waals surface area contributed by atoms with Gasteiger partial charge in [0.25, 0.3) is 0 Å². The second-order valence-electron chi connectivity index (χ2n) is 5.53. The Hall–Kier alpha value is -2.14. The second kappa shape index (κ2) is 8.34. The number of aryl methyl sites for hydroxylation is 2. The number of carbonyl (C=O) groups is 1. The number of benzene rings is 1. The van der Waals surface area contributed by atoms with Crippen LogP contribution in [0.4, 0.5) is 0 Å². The smallest absolute Gasteiger partial charge is 0.234 e. The molecule has 2 rings (SSSR count). The summed E-state index contributed by atoms with van der Waals surface area (Å²) < 4.78 is 2.03. The third-order valence-corrected chi connectivity index (χ3v) is 3.57. The van der Waals surface area contributed by atoms with Crippen molar-refractivity contribution in [3.05, 3.63) is 54.1 Å². The summed E-state index contributed by atoms with van der Waals surface area (Å²) in [6, 6.07) is 8.26. The molecule has 0 saturated heterocycles. The molecule has 0 radical (unpaired) electrons. The van der Waals surface area contributed by atoms with Crippen LogP contribution in [0.2, 0.25) is 0 Å². The first-order valence-electron chi connectivity index (χ1n) is 7.67. The molecule has 0 spiro atoms. The number of hydrogen-bond donors (Lipinski definition) is 2. The quantitative estimate of drug-likeness (QED) is 0.734. The molecule has 118 valence electrons. The van der Waals surface area contributed by atoms with Gasteiger partial charge in [-0.3, -0.25) is 4.79 Å². The summed E-state index contributed by atoms with van der Waals surface area (Å²) in [5.74, 6) is 0.0238. The van der Waals surface area contributed by atoms with E-state index in [0.29, 0.717) is 6.54 Å². The van der Waals surface area contributed by atoms with Gasteiger partial charge in [-0.1, -0.05) is 29.8 Å². The lowest BCUT2D eigenvalue weighted by Crippen LogP contribution is -2.35. The number of imidazole rings is 1. The molecule has 0 fully saturated rings. The van der Waals surface area contributed by atoms with E-state index in [-0.39, 0.29) is 11.9 Å². The van der Waals surface area contributed by atoms with E-state index < -0.39 is 0 Å². The summed E-state index contributed by atoms with van der Waals surface area (Å²) in [4.78, 5) is 15.9. The van der Waals surface area contributed by atoms with E-state index in [1.54, 1.807) is 12.5 Å². The first kappa shape index (κ1) is 16.2. The van der Waals surface area contributed by atoms with Crippen molar-refractivity contribution in [1.29, 1.82) is 0 Å². The Balaban J connectivity index is 1.62. The van der Waals surface area contributed by atoms with Crippen LogP contribution in [-0.2, 0) is 11.3 Å².